The maximum atomic E-state index is 9.85. The monoisotopic (exact) mass is 321 g/mol. The zero-order chi connectivity index (χ0) is 15.9. The minimum Gasteiger partial charge on any atom is -0.497 e. The normalized spacial score (nSPS) is 12.4. The largest absolute Gasteiger partial charge is 0.497 e. The Labute approximate surface area is 135 Å². The van der Waals surface area contributed by atoms with Crippen LogP contribution in [0.1, 0.15) is 30.6 Å². The van der Waals surface area contributed by atoms with E-state index in [1.807, 2.05) is 42.1 Å². The number of nitrogens with zero attached hydrogens (tertiary/aromatic N) is 3. The van der Waals surface area contributed by atoms with Crippen molar-refractivity contribution in [2.24, 2.45) is 0 Å². The van der Waals surface area contributed by atoms with Crippen LogP contribution in [0.2, 0.25) is 0 Å². The van der Waals surface area contributed by atoms with Gasteiger partial charge >= 0.3 is 0 Å². The molecule has 5 nitrogen and oxygen atoms in total. The number of ether oxygens (including phenoxy) is 1. The van der Waals surface area contributed by atoms with E-state index in [4.69, 9.17) is 4.74 Å². The quantitative estimate of drug-likeness (QED) is 0.809. The van der Waals surface area contributed by atoms with Gasteiger partial charge in [0.15, 0.2) is 5.82 Å². The summed E-state index contributed by atoms with van der Waals surface area (Å²) in [6, 6.07) is 7.93. The molecule has 2 rings (SSSR count). The number of methoxy groups -OCH3 is 1. The van der Waals surface area contributed by atoms with Gasteiger partial charge in [0.05, 0.1) is 25.5 Å². The molecule has 0 unspecified atom stereocenters. The molecule has 22 heavy (non-hydrogen) atoms. The lowest BCUT2D eigenvalue weighted by atomic mass is 10.1. The van der Waals surface area contributed by atoms with Crippen molar-refractivity contribution < 1.29 is 9.84 Å². The Morgan fingerprint density at radius 3 is 2.64 bits per heavy atom. The summed E-state index contributed by atoms with van der Waals surface area (Å²) in [6.45, 7) is 2.47. The minimum absolute atomic E-state index is 0.379. The second-order valence-electron chi connectivity index (χ2n) is 5.15. The Hall–Kier alpha value is -1.53. The number of hydrogen-bond donors (Lipinski definition) is 1. The molecule has 120 valence electrons. The summed E-state index contributed by atoms with van der Waals surface area (Å²) in [7, 11) is 1.66. The smallest absolute Gasteiger partial charge is 0.155 e. The lowest BCUT2D eigenvalue weighted by molar-refractivity contribution is 0.144. The van der Waals surface area contributed by atoms with E-state index in [0.29, 0.717) is 19.4 Å². The average Bonchev–Trinajstić information content (AvgIpc) is 2.89. The van der Waals surface area contributed by atoms with Gasteiger partial charge in [-0.25, -0.2) is 9.67 Å². The van der Waals surface area contributed by atoms with Crippen LogP contribution in [0.3, 0.4) is 0 Å². The molecule has 0 amide bonds. The highest BCUT2D eigenvalue weighted by molar-refractivity contribution is 7.97. The third kappa shape index (κ3) is 4.48. The number of rotatable bonds is 8. The van der Waals surface area contributed by atoms with E-state index in [0.717, 1.165) is 28.7 Å². The molecule has 1 aromatic heterocycles. The Morgan fingerprint density at radius 1 is 1.32 bits per heavy atom. The summed E-state index contributed by atoms with van der Waals surface area (Å²) >= 11 is 1.71. The van der Waals surface area contributed by atoms with E-state index < -0.39 is 0 Å². The van der Waals surface area contributed by atoms with Crippen LogP contribution in [0.4, 0.5) is 0 Å². The van der Waals surface area contributed by atoms with Crippen molar-refractivity contribution >= 4 is 11.8 Å². The third-order valence-electron chi connectivity index (χ3n) is 3.44. The molecule has 1 N–H and O–H groups in total. The molecule has 0 saturated heterocycles. The summed E-state index contributed by atoms with van der Waals surface area (Å²) in [5.41, 5.74) is 1.14. The summed E-state index contributed by atoms with van der Waals surface area (Å²) < 4.78 is 7.00. The van der Waals surface area contributed by atoms with Crippen molar-refractivity contribution in [3.05, 3.63) is 41.5 Å². The zero-order valence-electron chi connectivity index (χ0n) is 13.3. The van der Waals surface area contributed by atoms with Gasteiger partial charge in [0.2, 0.25) is 0 Å². The summed E-state index contributed by atoms with van der Waals surface area (Å²) in [5.74, 6) is 3.35. The molecule has 1 atom stereocenters. The van der Waals surface area contributed by atoms with Crippen molar-refractivity contribution in [2.75, 3.05) is 13.4 Å². The second-order valence-corrected chi connectivity index (χ2v) is 6.01. The van der Waals surface area contributed by atoms with Crippen LogP contribution in [0, 0.1) is 0 Å². The highest BCUT2D eigenvalue weighted by Crippen LogP contribution is 2.15. The van der Waals surface area contributed by atoms with E-state index in [-0.39, 0.29) is 6.10 Å². The molecule has 1 heterocycles. The van der Waals surface area contributed by atoms with Gasteiger partial charge in [-0.1, -0.05) is 19.1 Å². The van der Waals surface area contributed by atoms with Crippen LogP contribution in [0.5, 0.6) is 5.75 Å². The van der Waals surface area contributed by atoms with Crippen molar-refractivity contribution in [1.29, 1.82) is 0 Å². The van der Waals surface area contributed by atoms with E-state index in [9.17, 15) is 5.11 Å². The summed E-state index contributed by atoms with van der Waals surface area (Å²) in [6.07, 6.45) is 3.06. The predicted molar refractivity (Wildman–Crippen MR) is 89.3 cm³/mol. The van der Waals surface area contributed by atoms with Crippen LogP contribution >= 0.6 is 11.8 Å². The van der Waals surface area contributed by atoms with Crippen LogP contribution in [-0.4, -0.2) is 39.3 Å². The number of benzene rings is 1. The van der Waals surface area contributed by atoms with Gasteiger partial charge in [0, 0.05) is 6.42 Å². The molecular weight excluding hydrogens is 298 g/mol. The van der Waals surface area contributed by atoms with Gasteiger partial charge in [0.25, 0.3) is 0 Å². The highest BCUT2D eigenvalue weighted by Gasteiger charge is 2.13. The fraction of sp³-hybridized carbons (Fsp3) is 0.500. The van der Waals surface area contributed by atoms with Gasteiger partial charge < -0.3 is 9.84 Å². The molecule has 0 saturated carbocycles. The van der Waals surface area contributed by atoms with Gasteiger partial charge in [0.1, 0.15) is 11.6 Å². The lowest BCUT2D eigenvalue weighted by Gasteiger charge is -2.09. The first-order chi connectivity index (χ1) is 10.7. The van der Waals surface area contributed by atoms with E-state index in [1.165, 1.54) is 0 Å². The number of aromatic nitrogens is 3. The minimum atomic E-state index is -0.379. The van der Waals surface area contributed by atoms with E-state index >= 15 is 0 Å². The first kappa shape index (κ1) is 16.8. The first-order valence-electron chi connectivity index (χ1n) is 7.38. The maximum absolute atomic E-state index is 9.85. The lowest BCUT2D eigenvalue weighted by Crippen LogP contribution is -2.17. The zero-order valence-corrected chi connectivity index (χ0v) is 14.1. The standard InChI is InChI=1S/C16H23N3O2S/c1-4-13(20)10-19-16(11-22-3)17-15(18-19)9-12-5-7-14(21-2)8-6-12/h5-8,13,20H,4,9-11H2,1-3H3/t13-/m1/s1. The van der Waals surface area contributed by atoms with Crippen LogP contribution in [-0.2, 0) is 18.7 Å². The molecular formula is C16H23N3O2S. The molecule has 0 aliphatic carbocycles. The molecule has 0 aliphatic rings. The number of aliphatic hydroxyl groups is 1. The van der Waals surface area contributed by atoms with Crippen molar-refractivity contribution in [1.82, 2.24) is 14.8 Å². The fourth-order valence-corrected chi connectivity index (χ4v) is 2.61. The fourth-order valence-electron chi connectivity index (χ4n) is 2.14. The molecule has 0 fully saturated rings. The summed E-state index contributed by atoms with van der Waals surface area (Å²) in [5, 5.41) is 14.4. The topological polar surface area (TPSA) is 60.2 Å². The van der Waals surface area contributed by atoms with E-state index in [2.05, 4.69) is 10.1 Å². The van der Waals surface area contributed by atoms with Gasteiger partial charge in [-0.05, 0) is 30.4 Å². The maximum Gasteiger partial charge on any atom is 0.155 e. The van der Waals surface area contributed by atoms with Crippen LogP contribution < -0.4 is 4.74 Å². The predicted octanol–water partition coefficient (Wildman–Crippen LogP) is 2.51. The number of aliphatic hydroxyl groups excluding tert-OH is 1. The molecule has 0 radical (unpaired) electrons. The SMILES string of the molecule is CC[C@@H](O)Cn1nc(Cc2ccc(OC)cc2)nc1CSC. The Morgan fingerprint density at radius 2 is 2.05 bits per heavy atom. The van der Waals surface area contributed by atoms with Crippen molar-refractivity contribution in [2.45, 2.75) is 38.2 Å². The Bertz CT molecular complexity index is 584. The highest BCUT2D eigenvalue weighted by atomic mass is 32.2. The molecule has 6 heteroatoms. The molecule has 0 spiro atoms. The second kappa shape index (κ2) is 8.19. The first-order valence-corrected chi connectivity index (χ1v) is 8.78. The molecule has 0 bridgehead atoms. The van der Waals surface area contributed by atoms with E-state index in [1.54, 1.807) is 18.9 Å². The van der Waals surface area contributed by atoms with Crippen molar-refractivity contribution in [3.8, 4) is 5.75 Å². The average molecular weight is 321 g/mol. The van der Waals surface area contributed by atoms with Gasteiger partial charge in [-0.15, -0.1) is 0 Å². The third-order valence-corrected chi connectivity index (χ3v) is 3.99. The number of thioether (sulfide) groups is 1. The van der Waals surface area contributed by atoms with Gasteiger partial charge in [-0.2, -0.15) is 16.9 Å². The molecule has 0 aliphatic heterocycles. The van der Waals surface area contributed by atoms with Crippen LogP contribution in [0.25, 0.3) is 0 Å². The Kier molecular flexibility index (Phi) is 6.27. The van der Waals surface area contributed by atoms with Crippen LogP contribution in [0.15, 0.2) is 24.3 Å². The summed E-state index contributed by atoms with van der Waals surface area (Å²) in [4.78, 5) is 4.61. The Balaban J connectivity index is 2.14. The van der Waals surface area contributed by atoms with Gasteiger partial charge in [-0.3, -0.25) is 0 Å². The van der Waals surface area contributed by atoms with Crippen molar-refractivity contribution in [3.63, 3.8) is 0 Å². The number of hydrogen-bond acceptors (Lipinski definition) is 5. The molecule has 2 aromatic rings. The molecule has 1 aromatic carbocycles.